The predicted molar refractivity (Wildman–Crippen MR) is 66.1 cm³/mol. The molecule has 2 heterocycles. The number of hydrogen-bond donors (Lipinski definition) is 2. The molecule has 0 aromatic heterocycles. The summed E-state index contributed by atoms with van der Waals surface area (Å²) in [5, 5.41) is 12.3. The summed E-state index contributed by atoms with van der Waals surface area (Å²) in [6.07, 6.45) is 1.82. The number of carbonyl (C=O) groups excluding carboxylic acids is 1. The Balaban J connectivity index is 1.88. The first-order valence-corrected chi connectivity index (χ1v) is 7.17. The van der Waals surface area contributed by atoms with E-state index in [0.29, 0.717) is 19.4 Å². The van der Waals surface area contributed by atoms with Crippen molar-refractivity contribution < 1.29 is 14.7 Å². The summed E-state index contributed by atoms with van der Waals surface area (Å²) in [6.45, 7) is 1.53. The number of carbonyl (C=O) groups is 2. The Morgan fingerprint density at radius 1 is 1.47 bits per heavy atom. The number of likely N-dealkylation sites (tertiary alicyclic amines) is 1. The molecule has 0 radical (unpaired) electrons. The molecule has 0 saturated carbocycles. The maximum atomic E-state index is 12.0. The number of aliphatic carboxylic acids is 1. The van der Waals surface area contributed by atoms with E-state index in [1.54, 1.807) is 0 Å². The molecule has 6 heteroatoms. The molecule has 2 atom stereocenters. The summed E-state index contributed by atoms with van der Waals surface area (Å²) in [6, 6.07) is -0.393. The number of carboxylic acids is 1. The van der Waals surface area contributed by atoms with Crippen molar-refractivity contribution in [3.8, 4) is 0 Å². The number of nitrogens with one attached hydrogen (secondary N) is 1. The molecule has 5 nitrogen and oxygen atoms in total. The van der Waals surface area contributed by atoms with Gasteiger partial charge in [-0.15, -0.1) is 0 Å². The highest BCUT2D eigenvalue weighted by molar-refractivity contribution is 7.99. The Bertz CT molecular complexity index is 305. The summed E-state index contributed by atoms with van der Waals surface area (Å²) in [7, 11) is 0. The third-order valence-electron chi connectivity index (χ3n) is 3.28. The molecule has 0 spiro atoms. The van der Waals surface area contributed by atoms with Crippen molar-refractivity contribution >= 4 is 23.6 Å². The number of nitrogens with zero attached hydrogens (tertiary/aromatic N) is 1. The van der Waals surface area contributed by atoms with E-state index in [0.717, 1.165) is 24.5 Å². The zero-order valence-corrected chi connectivity index (χ0v) is 10.5. The maximum Gasteiger partial charge on any atom is 0.326 e. The first-order chi connectivity index (χ1) is 8.18. The minimum absolute atomic E-state index is 0.0186. The van der Waals surface area contributed by atoms with E-state index < -0.39 is 12.0 Å². The van der Waals surface area contributed by atoms with E-state index >= 15 is 0 Å². The van der Waals surface area contributed by atoms with Crippen molar-refractivity contribution in [2.24, 2.45) is 0 Å². The predicted octanol–water partition coefficient (Wildman–Crippen LogP) is 0.157. The van der Waals surface area contributed by atoms with Gasteiger partial charge in [-0.3, -0.25) is 4.79 Å². The molecule has 2 saturated heterocycles. The van der Waals surface area contributed by atoms with Crippen molar-refractivity contribution in [2.75, 3.05) is 24.6 Å². The number of rotatable bonds is 3. The number of amides is 1. The van der Waals surface area contributed by atoms with Crippen molar-refractivity contribution in [1.29, 1.82) is 0 Å². The zero-order chi connectivity index (χ0) is 12.3. The molecule has 2 fully saturated rings. The van der Waals surface area contributed by atoms with Crippen LogP contribution in [0.25, 0.3) is 0 Å². The molecule has 96 valence electrons. The summed E-state index contributed by atoms with van der Waals surface area (Å²) < 4.78 is 0. The van der Waals surface area contributed by atoms with Crippen molar-refractivity contribution in [3.63, 3.8) is 0 Å². The molecule has 2 rings (SSSR count). The minimum atomic E-state index is -0.873. The third-order valence-corrected chi connectivity index (χ3v) is 4.41. The van der Waals surface area contributed by atoms with Crippen LogP contribution in [0.3, 0.4) is 0 Å². The van der Waals surface area contributed by atoms with Crippen LogP contribution in [0, 0.1) is 0 Å². The molecule has 1 amide bonds. The Morgan fingerprint density at radius 3 is 2.94 bits per heavy atom. The van der Waals surface area contributed by atoms with Crippen LogP contribution in [-0.2, 0) is 9.59 Å². The molecule has 2 N–H and O–H groups in total. The molecule has 0 bridgehead atoms. The van der Waals surface area contributed by atoms with Gasteiger partial charge in [-0.2, -0.15) is 11.8 Å². The van der Waals surface area contributed by atoms with E-state index in [1.807, 2.05) is 11.8 Å². The lowest BCUT2D eigenvalue weighted by molar-refractivity contribution is -0.148. The number of hydrogen-bond acceptors (Lipinski definition) is 4. The van der Waals surface area contributed by atoms with Crippen LogP contribution in [0.4, 0.5) is 0 Å². The molecule has 17 heavy (non-hydrogen) atoms. The fraction of sp³-hybridized carbons (Fsp3) is 0.818. The van der Waals surface area contributed by atoms with Gasteiger partial charge in [0.1, 0.15) is 6.04 Å². The van der Waals surface area contributed by atoms with Gasteiger partial charge in [0.15, 0.2) is 0 Å². The van der Waals surface area contributed by atoms with Gasteiger partial charge in [0.25, 0.3) is 0 Å². The summed E-state index contributed by atoms with van der Waals surface area (Å²) >= 11 is 1.85. The van der Waals surface area contributed by atoms with Crippen molar-refractivity contribution in [2.45, 2.75) is 31.3 Å². The highest BCUT2D eigenvalue weighted by Crippen LogP contribution is 2.20. The van der Waals surface area contributed by atoms with E-state index in [-0.39, 0.29) is 11.9 Å². The van der Waals surface area contributed by atoms with Crippen molar-refractivity contribution in [1.82, 2.24) is 10.2 Å². The highest BCUT2D eigenvalue weighted by Gasteiger charge is 2.34. The van der Waals surface area contributed by atoms with Gasteiger partial charge < -0.3 is 15.3 Å². The van der Waals surface area contributed by atoms with Gasteiger partial charge in [0.05, 0.1) is 0 Å². The molecule has 2 aliphatic rings. The van der Waals surface area contributed by atoms with Gasteiger partial charge in [-0.05, 0) is 12.8 Å². The fourth-order valence-corrected chi connectivity index (χ4v) is 3.35. The normalized spacial score (nSPS) is 29.3. The van der Waals surface area contributed by atoms with Crippen LogP contribution in [0.5, 0.6) is 0 Å². The zero-order valence-electron chi connectivity index (χ0n) is 9.72. The van der Waals surface area contributed by atoms with Gasteiger partial charge in [-0.25, -0.2) is 4.79 Å². The largest absolute Gasteiger partial charge is 0.480 e. The van der Waals surface area contributed by atoms with E-state index in [9.17, 15) is 9.59 Å². The summed E-state index contributed by atoms with van der Waals surface area (Å²) in [5.41, 5.74) is 0. The SMILES string of the molecule is O=C(O)[C@H]1CCCN1C(=O)CC1CSCCN1. The third kappa shape index (κ3) is 3.13. The second-order valence-electron chi connectivity index (χ2n) is 4.51. The molecular formula is C11H18N2O3S. The number of thioether (sulfide) groups is 1. The molecule has 1 unspecified atom stereocenters. The second-order valence-corrected chi connectivity index (χ2v) is 5.66. The maximum absolute atomic E-state index is 12.0. The lowest BCUT2D eigenvalue weighted by Crippen LogP contribution is -2.45. The lowest BCUT2D eigenvalue weighted by Gasteiger charge is -2.27. The fourth-order valence-electron chi connectivity index (χ4n) is 2.40. The molecule has 0 aliphatic carbocycles. The monoisotopic (exact) mass is 258 g/mol. The summed E-state index contributed by atoms with van der Waals surface area (Å²) in [4.78, 5) is 24.6. The Hall–Kier alpha value is -0.750. The van der Waals surface area contributed by atoms with Gasteiger partial charge in [0, 0.05) is 37.1 Å². The van der Waals surface area contributed by atoms with E-state index in [1.165, 1.54) is 4.90 Å². The van der Waals surface area contributed by atoms with E-state index in [2.05, 4.69) is 5.32 Å². The molecular weight excluding hydrogens is 240 g/mol. The quantitative estimate of drug-likeness (QED) is 0.754. The first-order valence-electron chi connectivity index (χ1n) is 6.02. The lowest BCUT2D eigenvalue weighted by atomic mass is 10.2. The molecule has 0 aromatic carbocycles. The Kier molecular flexibility index (Phi) is 4.28. The van der Waals surface area contributed by atoms with Crippen LogP contribution in [-0.4, -0.2) is 58.6 Å². The first kappa shape index (κ1) is 12.7. The van der Waals surface area contributed by atoms with Crippen LogP contribution in [0.2, 0.25) is 0 Å². The van der Waals surface area contributed by atoms with Gasteiger partial charge in [-0.1, -0.05) is 0 Å². The average Bonchev–Trinajstić information content (AvgIpc) is 2.79. The average molecular weight is 258 g/mol. The van der Waals surface area contributed by atoms with Crippen LogP contribution in [0.15, 0.2) is 0 Å². The van der Waals surface area contributed by atoms with Gasteiger partial charge in [0.2, 0.25) is 5.91 Å². The smallest absolute Gasteiger partial charge is 0.326 e. The Labute approximate surface area is 105 Å². The van der Waals surface area contributed by atoms with Gasteiger partial charge >= 0.3 is 5.97 Å². The topological polar surface area (TPSA) is 69.6 Å². The standard InChI is InChI=1S/C11H18N2O3S/c14-10(6-8-7-17-5-3-12-8)13-4-1-2-9(13)11(15)16/h8-9,12H,1-7H2,(H,15,16)/t8?,9-/m1/s1. The molecule has 2 aliphatic heterocycles. The minimum Gasteiger partial charge on any atom is -0.480 e. The Morgan fingerprint density at radius 2 is 2.29 bits per heavy atom. The summed E-state index contributed by atoms with van der Waals surface area (Å²) in [5.74, 6) is 1.14. The van der Waals surface area contributed by atoms with Crippen LogP contribution in [0.1, 0.15) is 19.3 Å². The second kappa shape index (κ2) is 5.73. The highest BCUT2D eigenvalue weighted by atomic mass is 32.2. The van der Waals surface area contributed by atoms with Crippen molar-refractivity contribution in [3.05, 3.63) is 0 Å². The molecule has 0 aromatic rings. The number of carboxylic acid groups (broad SMARTS) is 1. The van der Waals surface area contributed by atoms with E-state index in [4.69, 9.17) is 5.11 Å². The van der Waals surface area contributed by atoms with Crippen LogP contribution < -0.4 is 5.32 Å². The van der Waals surface area contributed by atoms with Crippen LogP contribution >= 0.6 is 11.8 Å².